The lowest BCUT2D eigenvalue weighted by atomic mass is 10.2. The van der Waals surface area contributed by atoms with Crippen molar-refractivity contribution in [2.24, 2.45) is 0 Å². The summed E-state index contributed by atoms with van der Waals surface area (Å²) in [7, 11) is 0. The number of amides is 2. The molecule has 1 fully saturated rings. The van der Waals surface area contributed by atoms with Gasteiger partial charge < -0.3 is 10.4 Å². The van der Waals surface area contributed by atoms with E-state index < -0.39 is 5.97 Å². The molecule has 0 spiro atoms. The fourth-order valence-electron chi connectivity index (χ4n) is 2.50. The van der Waals surface area contributed by atoms with E-state index >= 15 is 0 Å². The first-order valence-corrected chi connectivity index (χ1v) is 9.99. The van der Waals surface area contributed by atoms with Gasteiger partial charge in [-0.15, -0.1) is 0 Å². The molecule has 1 aliphatic rings. The van der Waals surface area contributed by atoms with E-state index in [4.69, 9.17) is 17.3 Å². The molecule has 2 rings (SSSR count). The van der Waals surface area contributed by atoms with Crippen LogP contribution in [-0.2, 0) is 14.4 Å². The van der Waals surface area contributed by atoms with Crippen LogP contribution in [0.5, 0.6) is 0 Å². The lowest BCUT2D eigenvalue weighted by Gasteiger charge is -2.14. The highest BCUT2D eigenvalue weighted by molar-refractivity contribution is 8.26. The van der Waals surface area contributed by atoms with Gasteiger partial charge in [-0.05, 0) is 24.5 Å². The van der Waals surface area contributed by atoms with Gasteiger partial charge in [0.25, 0.3) is 5.91 Å². The Hall–Kier alpha value is -2.19. The summed E-state index contributed by atoms with van der Waals surface area (Å²) in [4.78, 5) is 36.8. The molecule has 0 unspecified atom stereocenters. The summed E-state index contributed by atoms with van der Waals surface area (Å²) in [6.07, 6.45) is 4.23. The van der Waals surface area contributed by atoms with Gasteiger partial charge in [0, 0.05) is 25.9 Å². The van der Waals surface area contributed by atoms with Gasteiger partial charge in [-0.2, -0.15) is 0 Å². The van der Waals surface area contributed by atoms with E-state index in [9.17, 15) is 14.4 Å². The number of nitrogens with zero attached hydrogens (tertiary/aromatic N) is 1. The number of hydrogen-bond acceptors (Lipinski definition) is 5. The van der Waals surface area contributed by atoms with E-state index in [2.05, 4.69) is 5.32 Å². The number of carboxylic acid groups (broad SMARTS) is 1. The molecule has 0 aromatic heterocycles. The van der Waals surface area contributed by atoms with Gasteiger partial charge >= 0.3 is 5.97 Å². The van der Waals surface area contributed by atoms with E-state index in [1.54, 1.807) is 6.08 Å². The average Bonchev–Trinajstić information content (AvgIpc) is 2.90. The van der Waals surface area contributed by atoms with Gasteiger partial charge in [-0.3, -0.25) is 19.3 Å². The summed E-state index contributed by atoms with van der Waals surface area (Å²) >= 11 is 6.51. The minimum atomic E-state index is -0.802. The molecule has 1 heterocycles. The molecule has 27 heavy (non-hydrogen) atoms. The van der Waals surface area contributed by atoms with Crippen LogP contribution in [0.3, 0.4) is 0 Å². The van der Waals surface area contributed by atoms with Crippen molar-refractivity contribution in [3.05, 3.63) is 40.8 Å². The number of thioether (sulfide) groups is 1. The molecule has 1 saturated heterocycles. The number of benzene rings is 1. The number of unbranched alkanes of at least 4 members (excludes halogenated alkanes) is 2. The maximum atomic E-state index is 12.5. The van der Waals surface area contributed by atoms with Gasteiger partial charge in [0.2, 0.25) is 5.91 Å². The van der Waals surface area contributed by atoms with E-state index in [0.717, 1.165) is 18.4 Å². The van der Waals surface area contributed by atoms with Crippen molar-refractivity contribution in [1.29, 1.82) is 0 Å². The lowest BCUT2D eigenvalue weighted by molar-refractivity contribution is -0.137. The maximum Gasteiger partial charge on any atom is 0.303 e. The lowest BCUT2D eigenvalue weighted by Crippen LogP contribution is -2.33. The molecule has 1 aromatic carbocycles. The first-order chi connectivity index (χ1) is 13.0. The topological polar surface area (TPSA) is 86.7 Å². The van der Waals surface area contributed by atoms with E-state index in [1.807, 2.05) is 30.3 Å². The minimum Gasteiger partial charge on any atom is -0.481 e. The van der Waals surface area contributed by atoms with E-state index in [-0.39, 0.29) is 31.2 Å². The molecule has 0 atom stereocenters. The minimum absolute atomic E-state index is 0.144. The summed E-state index contributed by atoms with van der Waals surface area (Å²) in [5.41, 5.74) is 0.929. The zero-order valence-corrected chi connectivity index (χ0v) is 16.5. The SMILES string of the molecule is O=C(O)CCCCCNC(=O)CCN1C(=O)/C(=C/c2ccccc2)SC1=S. The van der Waals surface area contributed by atoms with Crippen LogP contribution in [0, 0.1) is 0 Å². The number of hydrogen-bond donors (Lipinski definition) is 2. The molecular formula is C19H22N2O4S2. The van der Waals surface area contributed by atoms with Crippen molar-refractivity contribution in [2.75, 3.05) is 13.1 Å². The first-order valence-electron chi connectivity index (χ1n) is 8.76. The summed E-state index contributed by atoms with van der Waals surface area (Å²) < 4.78 is 0.462. The summed E-state index contributed by atoms with van der Waals surface area (Å²) in [6, 6.07) is 9.54. The van der Waals surface area contributed by atoms with Crippen LogP contribution in [0.2, 0.25) is 0 Å². The molecule has 0 bridgehead atoms. The smallest absolute Gasteiger partial charge is 0.303 e. The normalized spacial score (nSPS) is 15.4. The largest absolute Gasteiger partial charge is 0.481 e. The Kier molecular flexibility index (Phi) is 8.47. The van der Waals surface area contributed by atoms with Crippen LogP contribution in [0.4, 0.5) is 0 Å². The fourth-order valence-corrected chi connectivity index (χ4v) is 3.81. The molecule has 8 heteroatoms. The second-order valence-electron chi connectivity index (χ2n) is 6.05. The number of aliphatic carboxylic acids is 1. The molecule has 144 valence electrons. The quantitative estimate of drug-likeness (QED) is 0.353. The number of nitrogens with one attached hydrogen (secondary N) is 1. The molecule has 2 N–H and O–H groups in total. The van der Waals surface area contributed by atoms with Crippen LogP contribution in [-0.4, -0.2) is 45.2 Å². The average molecular weight is 407 g/mol. The molecule has 6 nitrogen and oxygen atoms in total. The third-order valence-electron chi connectivity index (χ3n) is 3.92. The Morgan fingerprint density at radius 2 is 1.89 bits per heavy atom. The van der Waals surface area contributed by atoms with E-state index in [1.165, 1.54) is 16.7 Å². The Morgan fingerprint density at radius 1 is 1.15 bits per heavy atom. The number of rotatable bonds is 10. The predicted molar refractivity (Wildman–Crippen MR) is 110 cm³/mol. The van der Waals surface area contributed by atoms with E-state index in [0.29, 0.717) is 22.2 Å². The van der Waals surface area contributed by atoms with Crippen molar-refractivity contribution in [3.8, 4) is 0 Å². The number of carbonyl (C=O) groups is 3. The van der Waals surface area contributed by atoms with Crippen molar-refractivity contribution in [1.82, 2.24) is 10.2 Å². The van der Waals surface area contributed by atoms with Gasteiger partial charge in [0.15, 0.2) is 0 Å². The van der Waals surface area contributed by atoms with Gasteiger partial charge in [0.1, 0.15) is 4.32 Å². The summed E-state index contributed by atoms with van der Waals surface area (Å²) in [6.45, 7) is 0.756. The number of carboxylic acids is 1. The monoisotopic (exact) mass is 406 g/mol. The van der Waals surface area contributed by atoms with Gasteiger partial charge in [-0.1, -0.05) is 60.7 Å². The molecule has 0 radical (unpaired) electrons. The molecule has 2 amide bonds. The Balaban J connectivity index is 1.73. The first kappa shape index (κ1) is 21.1. The predicted octanol–water partition coefficient (Wildman–Crippen LogP) is 3.04. The molecule has 1 aliphatic heterocycles. The van der Waals surface area contributed by atoms with Gasteiger partial charge in [-0.25, -0.2) is 0 Å². The Morgan fingerprint density at radius 3 is 2.59 bits per heavy atom. The van der Waals surface area contributed by atoms with Crippen molar-refractivity contribution in [2.45, 2.75) is 32.1 Å². The summed E-state index contributed by atoms with van der Waals surface area (Å²) in [5, 5.41) is 11.3. The fraction of sp³-hybridized carbons (Fsp3) is 0.368. The second-order valence-corrected chi connectivity index (χ2v) is 7.72. The van der Waals surface area contributed by atoms with Crippen molar-refractivity contribution in [3.63, 3.8) is 0 Å². The Labute approximate surface area is 168 Å². The van der Waals surface area contributed by atoms with Crippen LogP contribution in [0.25, 0.3) is 6.08 Å². The zero-order chi connectivity index (χ0) is 19.6. The van der Waals surface area contributed by atoms with Crippen molar-refractivity contribution >= 4 is 52.2 Å². The zero-order valence-electron chi connectivity index (χ0n) is 14.8. The summed E-state index contributed by atoms with van der Waals surface area (Å²) in [5.74, 6) is -1.12. The molecule has 0 aliphatic carbocycles. The molecular weight excluding hydrogens is 384 g/mol. The molecule has 1 aromatic rings. The van der Waals surface area contributed by atoms with Gasteiger partial charge in [0.05, 0.1) is 4.91 Å². The van der Waals surface area contributed by atoms with Crippen LogP contribution >= 0.6 is 24.0 Å². The number of carbonyl (C=O) groups excluding carboxylic acids is 2. The highest BCUT2D eigenvalue weighted by Crippen LogP contribution is 2.32. The van der Waals surface area contributed by atoms with Crippen LogP contribution in [0.1, 0.15) is 37.7 Å². The number of thiocarbonyl (C=S) groups is 1. The Bertz CT molecular complexity index is 734. The third-order valence-corrected chi connectivity index (χ3v) is 5.30. The van der Waals surface area contributed by atoms with Crippen LogP contribution < -0.4 is 5.32 Å². The van der Waals surface area contributed by atoms with Crippen molar-refractivity contribution < 1.29 is 19.5 Å². The highest BCUT2D eigenvalue weighted by Gasteiger charge is 2.31. The second kappa shape index (κ2) is 10.8. The standard InChI is InChI=1S/C19H22N2O4S2/c22-16(20-11-6-2-5-9-17(23)24)10-12-21-18(25)15(27-19(21)26)13-14-7-3-1-4-8-14/h1,3-4,7-8,13H,2,5-6,9-12H2,(H,20,22)(H,23,24)/b15-13-. The maximum absolute atomic E-state index is 12.5. The highest BCUT2D eigenvalue weighted by atomic mass is 32.2. The molecule has 0 saturated carbocycles. The van der Waals surface area contributed by atoms with Crippen LogP contribution in [0.15, 0.2) is 35.2 Å². The third kappa shape index (κ3) is 7.15.